The largest absolute Gasteiger partial charge is 0.586 e. The molecule has 0 spiro atoms. The van der Waals surface area contributed by atoms with Crippen LogP contribution in [0.15, 0.2) is 30.9 Å². The maximum Gasteiger partial charge on any atom is 0.586 e. The second kappa shape index (κ2) is 8.15. The van der Waals surface area contributed by atoms with E-state index in [1.807, 2.05) is 6.07 Å². The van der Waals surface area contributed by atoms with Crippen LogP contribution in [-0.4, -0.2) is 37.4 Å². The molecule has 0 aromatic heterocycles. The second-order valence-corrected chi connectivity index (χ2v) is 5.17. The van der Waals surface area contributed by atoms with E-state index >= 15 is 0 Å². The van der Waals surface area contributed by atoms with Gasteiger partial charge in [0.1, 0.15) is 0 Å². The Labute approximate surface area is 146 Å². The predicted octanol–water partition coefficient (Wildman–Crippen LogP) is 3.37. The lowest BCUT2D eigenvalue weighted by Crippen LogP contribution is -2.45. The summed E-state index contributed by atoms with van der Waals surface area (Å²) in [6.45, 7) is 7.27. The highest BCUT2D eigenvalue weighted by Gasteiger charge is 2.45. The number of ether oxygens (including phenoxy) is 2. The molecule has 1 aromatic rings. The van der Waals surface area contributed by atoms with Gasteiger partial charge >= 0.3 is 6.29 Å². The molecule has 1 fully saturated rings. The van der Waals surface area contributed by atoms with E-state index in [4.69, 9.17) is 4.74 Å². The maximum absolute atomic E-state index is 13.3. The van der Waals surface area contributed by atoms with Crippen molar-refractivity contribution in [1.29, 1.82) is 0 Å². The van der Waals surface area contributed by atoms with Crippen LogP contribution in [0.5, 0.6) is 11.5 Å². The topological polar surface area (TPSA) is 33.7 Å². The van der Waals surface area contributed by atoms with Gasteiger partial charge in [-0.1, -0.05) is 18.2 Å². The molecule has 0 amide bonds. The van der Waals surface area contributed by atoms with Crippen molar-refractivity contribution in [1.82, 2.24) is 10.2 Å². The third kappa shape index (κ3) is 4.26. The van der Waals surface area contributed by atoms with Gasteiger partial charge in [0, 0.05) is 37.8 Å². The van der Waals surface area contributed by atoms with Gasteiger partial charge in [-0.15, -0.1) is 40.2 Å². The monoisotopic (exact) mass is 368 g/mol. The molecule has 2 aliphatic rings. The standard InChI is InChI=1S/C15H18F2N2O2.2ClH/c1-2-4-12(19-9-7-18-8-10-19)11-5-3-6-13-14(11)21-15(16,17)20-13;;/h2-3,5-6,12,18H,1,4,7-10H2;2*1H/t12-;;/m0../s1. The van der Waals surface area contributed by atoms with Crippen molar-refractivity contribution >= 4 is 24.8 Å². The first kappa shape index (κ1) is 20.0. The lowest BCUT2D eigenvalue weighted by Gasteiger charge is -2.35. The molecule has 0 aliphatic carbocycles. The van der Waals surface area contributed by atoms with E-state index < -0.39 is 6.29 Å². The molecule has 2 heterocycles. The molecule has 0 bridgehead atoms. The number of piperazine rings is 1. The summed E-state index contributed by atoms with van der Waals surface area (Å²) in [6, 6.07) is 5.01. The summed E-state index contributed by atoms with van der Waals surface area (Å²) in [5.41, 5.74) is 0.728. The van der Waals surface area contributed by atoms with Gasteiger partial charge in [0.25, 0.3) is 0 Å². The van der Waals surface area contributed by atoms with Crippen LogP contribution in [0, 0.1) is 0 Å². The number of fused-ring (bicyclic) bond motifs is 1. The van der Waals surface area contributed by atoms with Gasteiger partial charge in [-0.2, -0.15) is 0 Å². The van der Waals surface area contributed by atoms with Crippen molar-refractivity contribution in [2.75, 3.05) is 26.2 Å². The van der Waals surface area contributed by atoms with Crippen LogP contribution in [-0.2, 0) is 0 Å². The number of alkyl halides is 2. The Bertz CT molecular complexity index is 540. The fraction of sp³-hybridized carbons (Fsp3) is 0.467. The number of hydrogen-bond acceptors (Lipinski definition) is 4. The van der Waals surface area contributed by atoms with E-state index in [0.29, 0.717) is 6.42 Å². The van der Waals surface area contributed by atoms with Crippen LogP contribution < -0.4 is 14.8 Å². The number of nitrogens with zero attached hydrogens (tertiary/aromatic N) is 1. The lowest BCUT2D eigenvalue weighted by atomic mass is 9.99. The van der Waals surface area contributed by atoms with Crippen molar-refractivity contribution in [3.63, 3.8) is 0 Å². The summed E-state index contributed by atoms with van der Waals surface area (Å²) in [5.74, 6) is 0.245. The van der Waals surface area contributed by atoms with Crippen LogP contribution in [0.25, 0.3) is 0 Å². The third-order valence-electron chi connectivity index (χ3n) is 3.80. The Morgan fingerprint density at radius 3 is 2.61 bits per heavy atom. The van der Waals surface area contributed by atoms with Crippen molar-refractivity contribution in [2.45, 2.75) is 18.8 Å². The number of para-hydroxylation sites is 1. The SMILES string of the molecule is C=CC[C@@H](c1cccc2c1OC(F)(F)O2)N1CCNCC1.Cl.Cl. The quantitative estimate of drug-likeness (QED) is 0.826. The second-order valence-electron chi connectivity index (χ2n) is 5.17. The van der Waals surface area contributed by atoms with Gasteiger partial charge in [0.2, 0.25) is 0 Å². The lowest BCUT2D eigenvalue weighted by molar-refractivity contribution is -0.287. The minimum absolute atomic E-state index is 0. The number of rotatable bonds is 4. The molecule has 1 N–H and O–H groups in total. The number of benzene rings is 1. The van der Waals surface area contributed by atoms with Gasteiger partial charge in [-0.05, 0) is 12.5 Å². The molecule has 3 rings (SSSR count). The zero-order chi connectivity index (χ0) is 14.9. The Balaban J connectivity index is 0.00000132. The number of hydrogen-bond donors (Lipinski definition) is 1. The third-order valence-corrected chi connectivity index (χ3v) is 3.80. The van der Waals surface area contributed by atoms with Crippen molar-refractivity contribution < 1.29 is 18.3 Å². The molecule has 1 aromatic carbocycles. The molecular weight excluding hydrogens is 349 g/mol. The normalized spacial score (nSPS) is 20.1. The van der Waals surface area contributed by atoms with Crippen LogP contribution in [0.4, 0.5) is 8.78 Å². The van der Waals surface area contributed by atoms with E-state index in [2.05, 4.69) is 21.5 Å². The molecule has 23 heavy (non-hydrogen) atoms. The first-order chi connectivity index (χ1) is 10.1. The first-order valence-corrected chi connectivity index (χ1v) is 7.05. The van der Waals surface area contributed by atoms with Gasteiger partial charge in [0.05, 0.1) is 0 Å². The van der Waals surface area contributed by atoms with Gasteiger partial charge in [-0.3, -0.25) is 4.90 Å². The van der Waals surface area contributed by atoms with E-state index in [9.17, 15) is 8.78 Å². The highest BCUT2D eigenvalue weighted by Crippen LogP contribution is 2.46. The van der Waals surface area contributed by atoms with E-state index in [1.165, 1.54) is 6.07 Å². The highest BCUT2D eigenvalue weighted by molar-refractivity contribution is 5.85. The average molecular weight is 369 g/mol. The number of halogens is 4. The summed E-state index contributed by atoms with van der Waals surface area (Å²) in [4.78, 5) is 2.26. The molecule has 8 heteroatoms. The van der Waals surface area contributed by atoms with E-state index in [1.54, 1.807) is 12.1 Å². The van der Waals surface area contributed by atoms with Crippen LogP contribution in [0.2, 0.25) is 0 Å². The summed E-state index contributed by atoms with van der Waals surface area (Å²) >= 11 is 0. The predicted molar refractivity (Wildman–Crippen MR) is 89.1 cm³/mol. The maximum atomic E-state index is 13.3. The summed E-state index contributed by atoms with van der Waals surface area (Å²) in [7, 11) is 0. The Morgan fingerprint density at radius 1 is 1.26 bits per heavy atom. The van der Waals surface area contributed by atoms with Crippen LogP contribution in [0.1, 0.15) is 18.0 Å². The summed E-state index contributed by atoms with van der Waals surface area (Å²) in [5, 5.41) is 3.29. The fourth-order valence-electron chi connectivity index (χ4n) is 2.88. The van der Waals surface area contributed by atoms with Crippen molar-refractivity contribution in [3.05, 3.63) is 36.4 Å². The van der Waals surface area contributed by atoms with Crippen molar-refractivity contribution in [2.24, 2.45) is 0 Å². The fourth-order valence-corrected chi connectivity index (χ4v) is 2.88. The molecule has 4 nitrogen and oxygen atoms in total. The molecule has 1 saturated heterocycles. The Kier molecular flexibility index (Phi) is 7.07. The van der Waals surface area contributed by atoms with Gasteiger partial charge in [0.15, 0.2) is 11.5 Å². The van der Waals surface area contributed by atoms with E-state index in [-0.39, 0.29) is 42.4 Å². The molecule has 0 unspecified atom stereocenters. The zero-order valence-corrected chi connectivity index (χ0v) is 14.1. The summed E-state index contributed by atoms with van der Waals surface area (Å²) < 4.78 is 35.9. The smallest absolute Gasteiger partial charge is 0.395 e. The van der Waals surface area contributed by atoms with Crippen LogP contribution in [0.3, 0.4) is 0 Å². The molecule has 1 atom stereocenters. The van der Waals surface area contributed by atoms with Crippen molar-refractivity contribution in [3.8, 4) is 11.5 Å². The molecule has 0 radical (unpaired) electrons. The highest BCUT2D eigenvalue weighted by atomic mass is 35.5. The molecule has 0 saturated carbocycles. The molecular formula is C15H20Cl2F2N2O2. The zero-order valence-electron chi connectivity index (χ0n) is 12.5. The first-order valence-electron chi connectivity index (χ1n) is 7.05. The minimum Gasteiger partial charge on any atom is -0.395 e. The average Bonchev–Trinajstić information content (AvgIpc) is 2.79. The molecule has 130 valence electrons. The number of nitrogens with one attached hydrogen (secondary N) is 1. The summed E-state index contributed by atoms with van der Waals surface area (Å²) in [6.07, 6.45) is -1.11. The Hall–Kier alpha value is -1.08. The van der Waals surface area contributed by atoms with Gasteiger partial charge in [-0.25, -0.2) is 0 Å². The van der Waals surface area contributed by atoms with Crippen LogP contribution >= 0.6 is 24.8 Å². The minimum atomic E-state index is -3.58. The van der Waals surface area contributed by atoms with E-state index in [0.717, 1.165) is 31.7 Å². The Morgan fingerprint density at radius 2 is 1.96 bits per heavy atom. The molecule has 2 aliphatic heterocycles. The van der Waals surface area contributed by atoms with Gasteiger partial charge < -0.3 is 14.8 Å².